The van der Waals surface area contributed by atoms with Gasteiger partial charge in [-0.3, -0.25) is 4.57 Å². The summed E-state index contributed by atoms with van der Waals surface area (Å²) in [5.41, 5.74) is -0.497. The fourth-order valence-electron chi connectivity index (χ4n) is 1.46. The molecular weight excluding hydrogens is 254 g/mol. The summed E-state index contributed by atoms with van der Waals surface area (Å²) in [5, 5.41) is 9.34. The molecule has 0 fully saturated rings. The van der Waals surface area contributed by atoms with Crippen molar-refractivity contribution in [2.24, 2.45) is 0 Å². The number of allylic oxidation sites excluding steroid dienone is 1. The van der Waals surface area contributed by atoms with Crippen LogP contribution in [0, 0.1) is 0 Å². The van der Waals surface area contributed by atoms with Gasteiger partial charge in [0.15, 0.2) is 0 Å². The van der Waals surface area contributed by atoms with Gasteiger partial charge in [0.2, 0.25) is 0 Å². The number of carbonyl (C=O) groups is 1. The first kappa shape index (κ1) is 18.2. The standard InChI is InChI=1S/C14H19NO2.C2H6O/c1-6-8-12-11(7-2)9-10-15(12)13(16)17-14(3,4)5;1-2-3/h6-10H,1H2,2-5H3;3H,2H2,1H3/b11-7-,12-8+;. The minimum absolute atomic E-state index is 0.250. The Morgan fingerprint density at radius 1 is 1.50 bits per heavy atom. The molecule has 0 aromatic carbocycles. The Labute approximate surface area is 120 Å². The Bertz CT molecular complexity index is 547. The van der Waals surface area contributed by atoms with Crippen molar-refractivity contribution >= 4 is 18.2 Å². The molecule has 0 atom stereocenters. The fourth-order valence-corrected chi connectivity index (χ4v) is 1.46. The molecule has 112 valence electrons. The van der Waals surface area contributed by atoms with E-state index in [1.165, 1.54) is 4.57 Å². The van der Waals surface area contributed by atoms with Crippen LogP contribution in [0.1, 0.15) is 34.6 Å². The summed E-state index contributed by atoms with van der Waals surface area (Å²) >= 11 is 0. The van der Waals surface area contributed by atoms with E-state index in [0.717, 1.165) is 10.6 Å². The highest BCUT2D eigenvalue weighted by Gasteiger charge is 2.17. The SMILES string of the molecule is C=C/C=c1\c(=C/C)ccn1C(=O)OC(C)(C)C.CCO. The van der Waals surface area contributed by atoms with Crippen LogP contribution in [0.5, 0.6) is 0 Å². The third kappa shape index (κ3) is 5.89. The van der Waals surface area contributed by atoms with Gasteiger partial charge in [0.1, 0.15) is 5.60 Å². The second-order valence-corrected chi connectivity index (χ2v) is 5.01. The number of aromatic nitrogens is 1. The van der Waals surface area contributed by atoms with Gasteiger partial charge < -0.3 is 9.84 Å². The third-order valence-corrected chi connectivity index (χ3v) is 2.14. The second-order valence-electron chi connectivity index (χ2n) is 5.01. The zero-order chi connectivity index (χ0) is 15.8. The van der Waals surface area contributed by atoms with Crippen molar-refractivity contribution in [3.8, 4) is 0 Å². The summed E-state index contributed by atoms with van der Waals surface area (Å²) in [6, 6.07) is 1.87. The number of nitrogens with zero attached hydrogens (tertiary/aromatic N) is 1. The molecule has 0 saturated carbocycles. The van der Waals surface area contributed by atoms with Gasteiger partial charge >= 0.3 is 6.09 Å². The van der Waals surface area contributed by atoms with Crippen LogP contribution in [-0.4, -0.2) is 28.0 Å². The Kier molecular flexibility index (Phi) is 7.62. The maximum Gasteiger partial charge on any atom is 0.418 e. The summed E-state index contributed by atoms with van der Waals surface area (Å²) in [6.07, 6.45) is 6.72. The van der Waals surface area contributed by atoms with Crippen molar-refractivity contribution in [3.05, 3.63) is 35.5 Å². The molecule has 1 heterocycles. The summed E-state index contributed by atoms with van der Waals surface area (Å²) in [7, 11) is 0. The maximum atomic E-state index is 12.0. The van der Waals surface area contributed by atoms with E-state index in [1.54, 1.807) is 25.3 Å². The molecule has 0 aliphatic rings. The molecule has 0 aliphatic heterocycles. The largest absolute Gasteiger partial charge is 0.443 e. The number of carbonyl (C=O) groups excluding carboxylic acids is 1. The van der Waals surface area contributed by atoms with Gasteiger partial charge in [-0.1, -0.05) is 18.7 Å². The lowest BCUT2D eigenvalue weighted by molar-refractivity contribution is 0.0532. The van der Waals surface area contributed by atoms with Gasteiger partial charge in [-0.25, -0.2) is 4.79 Å². The predicted octanol–water partition coefficient (Wildman–Crippen LogP) is 2.04. The summed E-state index contributed by atoms with van der Waals surface area (Å²) in [4.78, 5) is 12.0. The predicted molar refractivity (Wildman–Crippen MR) is 82.9 cm³/mol. The van der Waals surface area contributed by atoms with Crippen LogP contribution in [0.15, 0.2) is 24.9 Å². The summed E-state index contributed by atoms with van der Waals surface area (Å²) in [5.74, 6) is 0. The molecule has 0 aliphatic carbocycles. The van der Waals surface area contributed by atoms with Gasteiger partial charge in [-0.05, 0) is 52.0 Å². The summed E-state index contributed by atoms with van der Waals surface area (Å²) < 4.78 is 6.81. The molecule has 0 spiro atoms. The van der Waals surface area contributed by atoms with Crippen molar-refractivity contribution < 1.29 is 14.6 Å². The molecule has 0 saturated heterocycles. The third-order valence-electron chi connectivity index (χ3n) is 2.14. The van der Waals surface area contributed by atoms with Gasteiger partial charge in [-0.2, -0.15) is 0 Å². The zero-order valence-corrected chi connectivity index (χ0v) is 13.0. The van der Waals surface area contributed by atoms with Crippen molar-refractivity contribution in [3.63, 3.8) is 0 Å². The van der Waals surface area contributed by atoms with Gasteiger partial charge in [0, 0.05) is 12.8 Å². The van der Waals surface area contributed by atoms with Crippen LogP contribution in [0.25, 0.3) is 12.2 Å². The van der Waals surface area contributed by atoms with Gasteiger partial charge in [0.05, 0.1) is 5.35 Å². The lowest BCUT2D eigenvalue weighted by Crippen LogP contribution is -2.36. The molecule has 0 bridgehead atoms. The summed E-state index contributed by atoms with van der Waals surface area (Å²) in [6.45, 7) is 13.0. The van der Waals surface area contributed by atoms with E-state index < -0.39 is 5.60 Å². The average Bonchev–Trinajstić information content (AvgIpc) is 2.71. The Morgan fingerprint density at radius 3 is 2.45 bits per heavy atom. The topological polar surface area (TPSA) is 51.5 Å². The second kappa shape index (κ2) is 8.38. The molecule has 4 heteroatoms. The fraction of sp³-hybridized carbons (Fsp3) is 0.438. The number of ether oxygens (including phenoxy) is 1. The first-order chi connectivity index (χ1) is 9.30. The van der Waals surface area contributed by atoms with Crippen molar-refractivity contribution in [2.45, 2.75) is 40.2 Å². The molecule has 4 nitrogen and oxygen atoms in total. The van der Waals surface area contributed by atoms with Crippen LogP contribution < -0.4 is 10.6 Å². The maximum absolute atomic E-state index is 12.0. The highest BCUT2D eigenvalue weighted by atomic mass is 16.6. The molecule has 0 unspecified atom stereocenters. The Hall–Kier alpha value is -1.81. The van der Waals surface area contributed by atoms with Crippen molar-refractivity contribution in [2.75, 3.05) is 6.61 Å². The van der Waals surface area contributed by atoms with E-state index >= 15 is 0 Å². The van der Waals surface area contributed by atoms with Crippen LogP contribution >= 0.6 is 0 Å². The van der Waals surface area contributed by atoms with Crippen molar-refractivity contribution in [1.29, 1.82) is 0 Å². The van der Waals surface area contributed by atoms with E-state index in [1.807, 2.05) is 39.8 Å². The quantitative estimate of drug-likeness (QED) is 0.856. The van der Waals surface area contributed by atoms with Crippen LogP contribution in [0.4, 0.5) is 4.79 Å². The van der Waals surface area contributed by atoms with Gasteiger partial charge in [-0.15, -0.1) is 0 Å². The number of rotatable bonds is 1. The highest BCUT2D eigenvalue weighted by Crippen LogP contribution is 2.07. The van der Waals surface area contributed by atoms with Crippen LogP contribution in [0.3, 0.4) is 0 Å². The lowest BCUT2D eigenvalue weighted by atomic mass is 10.2. The average molecular weight is 279 g/mol. The molecule has 0 radical (unpaired) electrons. The lowest BCUT2D eigenvalue weighted by Gasteiger charge is -2.19. The van der Waals surface area contributed by atoms with Crippen LogP contribution in [-0.2, 0) is 4.74 Å². The molecule has 1 aromatic rings. The van der Waals surface area contributed by atoms with E-state index in [2.05, 4.69) is 6.58 Å². The first-order valence-electron chi connectivity index (χ1n) is 6.61. The van der Waals surface area contributed by atoms with E-state index in [0.29, 0.717) is 0 Å². The van der Waals surface area contributed by atoms with Gasteiger partial charge in [0.25, 0.3) is 0 Å². The normalized spacial score (nSPS) is 12.7. The molecule has 20 heavy (non-hydrogen) atoms. The molecule has 1 aromatic heterocycles. The monoisotopic (exact) mass is 279 g/mol. The van der Waals surface area contributed by atoms with E-state index in [4.69, 9.17) is 9.84 Å². The highest BCUT2D eigenvalue weighted by molar-refractivity contribution is 5.71. The number of hydrogen-bond donors (Lipinski definition) is 1. The minimum Gasteiger partial charge on any atom is -0.443 e. The van der Waals surface area contributed by atoms with Crippen molar-refractivity contribution in [1.82, 2.24) is 4.57 Å². The van der Waals surface area contributed by atoms with E-state index in [9.17, 15) is 4.79 Å². The molecule has 1 N–H and O–H groups in total. The molecule has 1 rings (SSSR count). The number of aliphatic hydroxyl groups excluding tert-OH is 1. The minimum atomic E-state index is -0.497. The number of hydrogen-bond acceptors (Lipinski definition) is 3. The van der Waals surface area contributed by atoms with E-state index in [-0.39, 0.29) is 12.7 Å². The number of aliphatic hydroxyl groups is 1. The molecule has 0 amide bonds. The first-order valence-corrected chi connectivity index (χ1v) is 6.61. The Morgan fingerprint density at radius 2 is 2.05 bits per heavy atom. The Balaban J connectivity index is 0.00000110. The van der Waals surface area contributed by atoms with Crippen LogP contribution in [0.2, 0.25) is 0 Å². The smallest absolute Gasteiger partial charge is 0.418 e. The zero-order valence-electron chi connectivity index (χ0n) is 13.0. The molecular formula is C16H25NO3.